The minimum Gasteiger partial charge on any atom is -0.303 e. The molecule has 5 nitrogen and oxygen atoms in total. The third kappa shape index (κ3) is 2.07. The Balaban J connectivity index is 2.81. The van der Waals surface area contributed by atoms with Gasteiger partial charge in [-0.25, -0.2) is 4.99 Å². The van der Waals surface area contributed by atoms with Crippen molar-refractivity contribution < 1.29 is 10.0 Å². The van der Waals surface area contributed by atoms with Crippen LogP contribution in [-0.4, -0.2) is 28.1 Å². The highest BCUT2D eigenvalue weighted by atomic mass is 32.2. The van der Waals surface area contributed by atoms with Gasteiger partial charge in [0, 0.05) is 16.4 Å². The first-order valence-corrected chi connectivity index (χ1v) is 5.25. The molecule has 1 rings (SSSR count). The molecule has 0 amide bonds. The Hall–Kier alpha value is -0.880. The number of amidine groups is 1. The Kier molecular flexibility index (Phi) is 3.44. The molecule has 6 heteroatoms. The Morgan fingerprint density at radius 3 is 3.00 bits per heavy atom. The number of hydrogen-bond acceptors (Lipinski definition) is 3. The van der Waals surface area contributed by atoms with E-state index < -0.39 is 10.7 Å². The number of rotatable bonds is 3. The fraction of sp³-hybridized carbons (Fsp3) is 0.571. The van der Waals surface area contributed by atoms with E-state index >= 15 is 0 Å². The standard InChI is InChI=1S/C7H11N3O2S/c1-2-5(3-11)6-4-13(10-12)7(8)9-6/h3,5,8,12H,2,4H2,1H3. The SMILES string of the molecule is CCC(C=O)C1=NC(=N)S(=NO)C1. The molecule has 1 aliphatic heterocycles. The van der Waals surface area contributed by atoms with Crippen molar-refractivity contribution in [2.24, 2.45) is 15.4 Å². The monoisotopic (exact) mass is 201 g/mol. The van der Waals surface area contributed by atoms with Crippen molar-refractivity contribution in [1.82, 2.24) is 0 Å². The maximum Gasteiger partial charge on any atom is 0.193 e. The average molecular weight is 201 g/mol. The summed E-state index contributed by atoms with van der Waals surface area (Å²) in [6, 6.07) is 0. The van der Waals surface area contributed by atoms with Crippen LogP contribution in [0.5, 0.6) is 0 Å². The van der Waals surface area contributed by atoms with Crippen molar-refractivity contribution in [3.8, 4) is 0 Å². The van der Waals surface area contributed by atoms with E-state index in [4.69, 9.17) is 10.6 Å². The molecular formula is C7H11N3O2S. The lowest BCUT2D eigenvalue weighted by molar-refractivity contribution is -0.109. The van der Waals surface area contributed by atoms with Gasteiger partial charge in [0.1, 0.15) is 6.29 Å². The van der Waals surface area contributed by atoms with E-state index in [1.165, 1.54) is 0 Å². The molecule has 13 heavy (non-hydrogen) atoms. The zero-order valence-electron chi connectivity index (χ0n) is 7.23. The zero-order chi connectivity index (χ0) is 9.84. The van der Waals surface area contributed by atoms with Crippen molar-refractivity contribution in [1.29, 1.82) is 5.41 Å². The molecule has 2 N–H and O–H groups in total. The van der Waals surface area contributed by atoms with E-state index in [-0.39, 0.29) is 11.1 Å². The van der Waals surface area contributed by atoms with Crippen molar-refractivity contribution in [3.05, 3.63) is 0 Å². The van der Waals surface area contributed by atoms with Crippen molar-refractivity contribution >= 4 is 27.9 Å². The van der Waals surface area contributed by atoms with Gasteiger partial charge in [0.15, 0.2) is 5.17 Å². The Morgan fingerprint density at radius 2 is 2.62 bits per heavy atom. The first-order chi connectivity index (χ1) is 6.22. The number of hydrogen-bond donors (Lipinski definition) is 2. The summed E-state index contributed by atoms with van der Waals surface area (Å²) >= 11 is 0. The van der Waals surface area contributed by atoms with E-state index in [9.17, 15) is 4.79 Å². The lowest BCUT2D eigenvalue weighted by Gasteiger charge is -2.03. The molecule has 1 aliphatic rings. The Bertz CT molecular complexity index is 298. The van der Waals surface area contributed by atoms with Gasteiger partial charge in [-0.15, -0.1) is 4.53 Å². The van der Waals surface area contributed by atoms with Crippen molar-refractivity contribution in [2.45, 2.75) is 13.3 Å². The van der Waals surface area contributed by atoms with Crippen molar-refractivity contribution in [2.75, 3.05) is 5.75 Å². The molecule has 72 valence electrons. The summed E-state index contributed by atoms with van der Waals surface area (Å²) < 4.78 is 3.04. The molecule has 2 unspecified atom stereocenters. The maximum atomic E-state index is 10.6. The highest BCUT2D eigenvalue weighted by Crippen LogP contribution is 2.12. The van der Waals surface area contributed by atoms with Crippen LogP contribution < -0.4 is 0 Å². The normalized spacial score (nSPS) is 24.6. The van der Waals surface area contributed by atoms with Gasteiger partial charge < -0.3 is 4.79 Å². The number of aldehydes is 1. The smallest absolute Gasteiger partial charge is 0.193 e. The summed E-state index contributed by atoms with van der Waals surface area (Å²) in [5, 5.41) is 15.9. The van der Waals surface area contributed by atoms with Crippen LogP contribution >= 0.6 is 0 Å². The molecule has 0 fully saturated rings. The summed E-state index contributed by atoms with van der Waals surface area (Å²) in [7, 11) is -0.832. The average Bonchev–Trinajstić information content (AvgIpc) is 2.49. The molecule has 0 saturated heterocycles. The number of aliphatic imine (C=N–C) groups is 1. The summed E-state index contributed by atoms with van der Waals surface area (Å²) in [6.45, 7) is 1.89. The van der Waals surface area contributed by atoms with Gasteiger partial charge in [0.25, 0.3) is 0 Å². The third-order valence-corrected chi connectivity index (χ3v) is 3.19. The van der Waals surface area contributed by atoms with Crippen LogP contribution in [0.25, 0.3) is 0 Å². The lowest BCUT2D eigenvalue weighted by atomic mass is 10.0. The van der Waals surface area contributed by atoms with Gasteiger partial charge in [-0.2, -0.15) is 0 Å². The summed E-state index contributed by atoms with van der Waals surface area (Å²) in [6.07, 6.45) is 1.51. The predicted molar refractivity (Wildman–Crippen MR) is 51.5 cm³/mol. The van der Waals surface area contributed by atoms with Gasteiger partial charge in [-0.1, -0.05) is 6.92 Å². The molecule has 0 aliphatic carbocycles. The fourth-order valence-electron chi connectivity index (χ4n) is 1.09. The maximum absolute atomic E-state index is 10.6. The Morgan fingerprint density at radius 1 is 1.92 bits per heavy atom. The largest absolute Gasteiger partial charge is 0.303 e. The van der Waals surface area contributed by atoms with Crippen LogP contribution in [0.3, 0.4) is 0 Å². The fourth-order valence-corrected chi connectivity index (χ4v) is 2.14. The van der Waals surface area contributed by atoms with Gasteiger partial charge >= 0.3 is 0 Å². The predicted octanol–water partition coefficient (Wildman–Crippen LogP) is 0.792. The minimum absolute atomic E-state index is 0.0674. The van der Waals surface area contributed by atoms with Crippen molar-refractivity contribution in [3.63, 3.8) is 0 Å². The molecule has 0 aromatic carbocycles. The molecular weight excluding hydrogens is 190 g/mol. The van der Waals surface area contributed by atoms with Crippen LogP contribution in [0.1, 0.15) is 13.3 Å². The first kappa shape index (κ1) is 10.2. The quantitative estimate of drug-likeness (QED) is 0.522. The topological polar surface area (TPSA) is 85.9 Å². The lowest BCUT2D eigenvalue weighted by Crippen LogP contribution is -2.17. The second-order valence-electron chi connectivity index (χ2n) is 2.65. The molecule has 0 bridgehead atoms. The molecule has 0 spiro atoms. The van der Waals surface area contributed by atoms with E-state index in [0.717, 1.165) is 6.29 Å². The summed E-state index contributed by atoms with van der Waals surface area (Å²) in [5.74, 6) is 0.201. The van der Waals surface area contributed by atoms with Crippen LogP contribution in [0, 0.1) is 11.3 Å². The van der Waals surface area contributed by atoms with E-state index in [2.05, 4.69) is 9.52 Å². The first-order valence-electron chi connectivity index (χ1n) is 3.90. The second kappa shape index (κ2) is 4.38. The molecule has 0 saturated carbocycles. The molecule has 2 atom stereocenters. The van der Waals surface area contributed by atoms with Crippen LogP contribution in [-0.2, 0) is 15.5 Å². The zero-order valence-corrected chi connectivity index (χ0v) is 8.04. The Labute approximate surface area is 78.4 Å². The third-order valence-electron chi connectivity index (χ3n) is 1.88. The molecule has 0 aromatic rings. The number of nitrogens with zero attached hydrogens (tertiary/aromatic N) is 2. The van der Waals surface area contributed by atoms with Crippen LogP contribution in [0.15, 0.2) is 9.52 Å². The molecule has 0 aromatic heterocycles. The van der Waals surface area contributed by atoms with Gasteiger partial charge in [0.05, 0.1) is 11.7 Å². The van der Waals surface area contributed by atoms with E-state index in [1.54, 1.807) is 0 Å². The number of carbonyl (C=O) groups is 1. The number of nitrogens with one attached hydrogen (secondary N) is 1. The van der Waals surface area contributed by atoms with Crippen LogP contribution in [0.2, 0.25) is 0 Å². The van der Waals surface area contributed by atoms with Gasteiger partial charge in [-0.3, -0.25) is 10.6 Å². The minimum atomic E-state index is -0.832. The van der Waals surface area contributed by atoms with E-state index in [0.29, 0.717) is 17.9 Å². The second-order valence-corrected chi connectivity index (χ2v) is 4.22. The van der Waals surface area contributed by atoms with Gasteiger partial charge in [0.2, 0.25) is 0 Å². The summed E-state index contributed by atoms with van der Waals surface area (Å²) in [5.41, 5.74) is 0.670. The van der Waals surface area contributed by atoms with E-state index in [1.807, 2.05) is 6.92 Å². The molecule has 1 heterocycles. The number of carbonyl (C=O) groups excluding carboxylic acids is 1. The highest BCUT2D eigenvalue weighted by Gasteiger charge is 2.23. The summed E-state index contributed by atoms with van der Waals surface area (Å²) in [4.78, 5) is 14.5. The molecule has 0 radical (unpaired) electrons. The van der Waals surface area contributed by atoms with Gasteiger partial charge in [-0.05, 0) is 6.42 Å². The highest BCUT2D eigenvalue weighted by molar-refractivity contribution is 8.03. The van der Waals surface area contributed by atoms with Crippen LogP contribution in [0.4, 0.5) is 0 Å².